The van der Waals surface area contributed by atoms with Gasteiger partial charge in [-0.25, -0.2) is 9.59 Å². The molecule has 2 bridgehead atoms. The summed E-state index contributed by atoms with van der Waals surface area (Å²) in [6.07, 6.45) is 2.41. The van der Waals surface area contributed by atoms with Gasteiger partial charge in [0, 0.05) is 18.5 Å². The second-order valence-corrected chi connectivity index (χ2v) is 14.9. The number of rotatable bonds is 16. The van der Waals surface area contributed by atoms with Crippen LogP contribution in [0.5, 0.6) is 17.2 Å². The highest BCUT2D eigenvalue weighted by molar-refractivity contribution is 6.35. The van der Waals surface area contributed by atoms with Gasteiger partial charge >= 0.3 is 18.7 Å². The van der Waals surface area contributed by atoms with Gasteiger partial charge < -0.3 is 38.6 Å². The lowest BCUT2D eigenvalue weighted by Gasteiger charge is -2.43. The molecule has 3 atom stereocenters. The van der Waals surface area contributed by atoms with Crippen LogP contribution < -0.4 is 24.3 Å². The Labute approximate surface area is 349 Å². The third-order valence-corrected chi connectivity index (χ3v) is 10.9. The van der Waals surface area contributed by atoms with Crippen molar-refractivity contribution in [1.29, 1.82) is 0 Å². The zero-order valence-electron chi connectivity index (χ0n) is 31.9. The van der Waals surface area contributed by atoms with Crippen LogP contribution in [0.15, 0.2) is 102 Å². The Balaban J connectivity index is 1.05. The maximum absolute atomic E-state index is 13.6. The van der Waals surface area contributed by atoms with Crippen molar-refractivity contribution in [3.8, 4) is 17.2 Å². The molecule has 0 saturated carbocycles. The van der Waals surface area contributed by atoms with E-state index in [-0.39, 0.29) is 53.0 Å². The minimum atomic E-state index is -3.10. The van der Waals surface area contributed by atoms with Crippen LogP contribution >= 0.6 is 23.2 Å². The molecule has 1 amide bonds. The summed E-state index contributed by atoms with van der Waals surface area (Å²) in [6, 6.07) is 23.4. The summed E-state index contributed by atoms with van der Waals surface area (Å²) in [5.41, 5.74) is 2.26. The van der Waals surface area contributed by atoms with Gasteiger partial charge in [-0.15, -0.1) is 0 Å². The number of benzene rings is 3. The maximum atomic E-state index is 13.6. The third kappa shape index (κ3) is 10.5. The number of furan rings is 1. The lowest BCUT2D eigenvalue weighted by Crippen LogP contribution is -2.52. The van der Waals surface area contributed by atoms with Crippen molar-refractivity contribution >= 4 is 35.3 Å². The normalized spacial score (nSPS) is 18.2. The first-order chi connectivity index (χ1) is 28.5. The van der Waals surface area contributed by atoms with Crippen LogP contribution in [-0.2, 0) is 22.5 Å². The Hall–Kier alpha value is -5.57. The van der Waals surface area contributed by atoms with Crippen molar-refractivity contribution in [2.75, 3.05) is 26.2 Å². The number of nitrogens with zero attached hydrogens (tertiary/aromatic N) is 2. The second kappa shape index (κ2) is 19.0. The van der Waals surface area contributed by atoms with Crippen LogP contribution in [-0.4, -0.2) is 55.9 Å². The molecule has 5 heterocycles. The SMILES string of the molecule is CCOc1cc([C@H](Cc2c(Cl)c[n+]([O-])cc2Cl)OC(=O)c2ccc(COc3cccc([C@@H](NC(=O)O[C@H]4CN5CCC4CC5)c4ccccc4)c3)o2)ccc1OC(F)F. The number of ether oxygens (including phenoxy) is 5. The first-order valence-corrected chi connectivity index (χ1v) is 19.8. The summed E-state index contributed by atoms with van der Waals surface area (Å²) in [6.45, 7) is 1.47. The van der Waals surface area contributed by atoms with E-state index in [2.05, 4.69) is 15.0 Å². The van der Waals surface area contributed by atoms with Crippen molar-refractivity contribution in [2.24, 2.45) is 5.92 Å². The molecule has 16 heteroatoms. The van der Waals surface area contributed by atoms with Gasteiger partial charge in [0.15, 0.2) is 23.9 Å². The smallest absolute Gasteiger partial charge is 0.408 e. The largest absolute Gasteiger partial charge is 0.619 e. The Morgan fingerprint density at radius 3 is 2.36 bits per heavy atom. The number of fused-ring (bicyclic) bond motifs is 3. The molecule has 2 aromatic heterocycles. The molecule has 5 aromatic rings. The molecule has 0 spiro atoms. The summed E-state index contributed by atoms with van der Waals surface area (Å²) >= 11 is 12.7. The van der Waals surface area contributed by atoms with Crippen LogP contribution in [0.25, 0.3) is 0 Å². The van der Waals surface area contributed by atoms with Gasteiger partial charge in [0.2, 0.25) is 5.76 Å². The zero-order valence-corrected chi connectivity index (χ0v) is 33.4. The van der Waals surface area contributed by atoms with Crippen LogP contribution in [0.2, 0.25) is 10.0 Å². The predicted octanol–water partition coefficient (Wildman–Crippen LogP) is 8.85. The molecular weight excluding hydrogens is 811 g/mol. The summed E-state index contributed by atoms with van der Waals surface area (Å²) in [5, 5.41) is 15.0. The average molecular weight is 853 g/mol. The maximum Gasteiger partial charge on any atom is 0.408 e. The molecule has 12 nitrogen and oxygen atoms in total. The lowest BCUT2D eigenvalue weighted by atomic mass is 9.86. The molecule has 3 saturated heterocycles. The number of hydrogen-bond acceptors (Lipinski definition) is 10. The van der Waals surface area contributed by atoms with E-state index in [1.807, 2.05) is 48.5 Å². The van der Waals surface area contributed by atoms with E-state index < -0.39 is 30.8 Å². The molecule has 0 radical (unpaired) electrons. The minimum Gasteiger partial charge on any atom is -0.619 e. The number of halogens is 4. The number of amides is 1. The Morgan fingerprint density at radius 1 is 0.915 bits per heavy atom. The second-order valence-electron chi connectivity index (χ2n) is 14.1. The van der Waals surface area contributed by atoms with E-state index in [0.717, 1.165) is 56.0 Å². The number of hydrogen-bond donors (Lipinski definition) is 1. The topological polar surface area (TPSA) is 136 Å². The van der Waals surface area contributed by atoms with Crippen LogP contribution in [0.4, 0.5) is 13.6 Å². The Kier molecular flexibility index (Phi) is 13.4. The molecule has 1 N–H and O–H groups in total. The van der Waals surface area contributed by atoms with Gasteiger partial charge in [-0.2, -0.15) is 13.5 Å². The Bertz CT molecular complexity index is 2210. The van der Waals surface area contributed by atoms with E-state index in [9.17, 15) is 23.6 Å². The van der Waals surface area contributed by atoms with Crippen molar-refractivity contribution in [1.82, 2.24) is 10.2 Å². The molecule has 8 rings (SSSR count). The van der Waals surface area contributed by atoms with Crippen molar-refractivity contribution in [3.63, 3.8) is 0 Å². The van der Waals surface area contributed by atoms with E-state index in [1.165, 1.54) is 24.3 Å². The van der Waals surface area contributed by atoms with Crippen LogP contribution in [0.1, 0.15) is 70.5 Å². The molecular formula is C43H41Cl2F2N3O9. The minimum absolute atomic E-state index is 0.00855. The van der Waals surface area contributed by atoms with E-state index >= 15 is 0 Å². The summed E-state index contributed by atoms with van der Waals surface area (Å²) in [4.78, 5) is 29.2. The highest BCUT2D eigenvalue weighted by Gasteiger charge is 2.37. The quantitative estimate of drug-likeness (QED) is 0.0583. The molecule has 3 aromatic carbocycles. The molecule has 3 fully saturated rings. The van der Waals surface area contributed by atoms with Crippen molar-refractivity contribution in [3.05, 3.63) is 146 Å². The van der Waals surface area contributed by atoms with Crippen molar-refractivity contribution < 1.29 is 51.2 Å². The van der Waals surface area contributed by atoms with Gasteiger partial charge in [-0.05, 0) is 91.9 Å². The fourth-order valence-electron chi connectivity index (χ4n) is 7.35. The monoisotopic (exact) mass is 851 g/mol. The number of piperidine rings is 3. The van der Waals surface area contributed by atoms with E-state index in [4.69, 9.17) is 46.6 Å². The fourth-order valence-corrected chi connectivity index (χ4v) is 7.95. The Morgan fingerprint density at radius 2 is 1.66 bits per heavy atom. The lowest BCUT2D eigenvalue weighted by molar-refractivity contribution is -0.605. The average Bonchev–Trinajstić information content (AvgIpc) is 3.71. The van der Waals surface area contributed by atoms with Gasteiger partial charge in [-0.1, -0.05) is 71.7 Å². The number of carbonyl (C=O) groups excluding carboxylic acids is 2. The number of aromatic nitrogens is 1. The summed E-state index contributed by atoms with van der Waals surface area (Å²) < 4.78 is 60.6. The summed E-state index contributed by atoms with van der Waals surface area (Å²) in [7, 11) is 0. The van der Waals surface area contributed by atoms with Gasteiger partial charge in [0.05, 0.1) is 12.6 Å². The van der Waals surface area contributed by atoms with E-state index in [0.29, 0.717) is 33.3 Å². The first kappa shape index (κ1) is 41.6. The molecule has 59 heavy (non-hydrogen) atoms. The fraction of sp³-hybridized carbons (Fsp3) is 0.326. The van der Waals surface area contributed by atoms with Gasteiger partial charge in [0.1, 0.15) is 40.4 Å². The van der Waals surface area contributed by atoms with E-state index in [1.54, 1.807) is 19.1 Å². The number of alkyl carbamates (subject to hydrolysis) is 1. The molecule has 3 aliphatic heterocycles. The highest BCUT2D eigenvalue weighted by Crippen LogP contribution is 2.37. The zero-order chi connectivity index (χ0) is 41.5. The molecule has 3 aliphatic rings. The molecule has 0 unspecified atom stereocenters. The third-order valence-electron chi connectivity index (χ3n) is 10.2. The molecule has 0 aliphatic carbocycles. The van der Waals surface area contributed by atoms with Crippen LogP contribution in [0, 0.1) is 11.1 Å². The first-order valence-electron chi connectivity index (χ1n) is 19.1. The number of esters is 1. The van der Waals surface area contributed by atoms with Gasteiger partial charge in [-0.3, -0.25) is 4.90 Å². The number of carbonyl (C=O) groups is 2. The summed E-state index contributed by atoms with van der Waals surface area (Å²) in [5.74, 6) is -0.0795. The predicted molar refractivity (Wildman–Crippen MR) is 212 cm³/mol. The van der Waals surface area contributed by atoms with Crippen molar-refractivity contribution in [2.45, 2.75) is 57.7 Å². The van der Waals surface area contributed by atoms with Gasteiger partial charge in [0.25, 0.3) is 0 Å². The van der Waals surface area contributed by atoms with Crippen LogP contribution in [0.3, 0.4) is 0 Å². The number of alkyl halides is 2. The standard InChI is InChI=1S/C43H41Cl2F2N3O9/c1-2-54-38-20-28(11-13-35(38)58-42(46)47)37(21-32-33(44)22-50(53)23-34(32)45)57-41(51)36-14-12-31(56-36)25-55-30-10-6-9-29(19-30)40(27-7-4-3-5-8-27)48-43(52)59-39-24-49-17-15-26(39)16-18-49/h3-14,19-20,22-23,26,37,39-40,42H,2,15-18,21,24-25H2,1H3,(H,48,52)/t37-,39-,40-/m0/s1. The highest BCUT2D eigenvalue weighted by atomic mass is 35.5. The number of nitrogens with one attached hydrogen (secondary N) is 1. The molecule has 310 valence electrons. The number of pyridine rings is 1.